The number of benzene rings is 2. The van der Waals surface area contributed by atoms with Crippen LogP contribution in [-0.4, -0.2) is 30.4 Å². The number of hydrogen-bond acceptors (Lipinski definition) is 2. The van der Waals surface area contributed by atoms with Gasteiger partial charge in [0.1, 0.15) is 11.9 Å². The van der Waals surface area contributed by atoms with Crippen LogP contribution in [0, 0.1) is 10.8 Å². The molecule has 2 aromatic carbocycles. The summed E-state index contributed by atoms with van der Waals surface area (Å²) < 4.78 is 44.8. The topological polar surface area (TPSA) is 12.5 Å². The molecule has 6 heteroatoms. The molecule has 0 saturated carbocycles. The fraction of sp³-hybridized carbons (Fsp3) is 0.571. The maximum atomic E-state index is 12.9. The third kappa shape index (κ3) is 10.8. The molecule has 1 unspecified atom stereocenters. The van der Waals surface area contributed by atoms with Gasteiger partial charge in [-0.1, -0.05) is 87.8 Å². The Hall–Kier alpha value is -1.53. The predicted octanol–water partition coefficient (Wildman–Crippen LogP) is 9.01. The number of nitrogens with zero attached hydrogens (tertiary/aromatic N) is 1. The van der Waals surface area contributed by atoms with Crippen LogP contribution in [0.25, 0.3) is 0 Å². The molecule has 0 aliphatic heterocycles. The molecule has 0 aromatic heterocycles. The van der Waals surface area contributed by atoms with E-state index in [4.69, 9.17) is 4.74 Å². The summed E-state index contributed by atoms with van der Waals surface area (Å²) in [6.07, 6.45) is -2.76. The molecule has 192 valence electrons. The van der Waals surface area contributed by atoms with Crippen molar-refractivity contribution in [3.63, 3.8) is 0 Å². The maximum absolute atomic E-state index is 12.9. The first kappa shape index (κ1) is 30.5. The molecule has 1 atom stereocenters. The Labute approximate surface area is 213 Å². The lowest BCUT2D eigenvalue weighted by atomic mass is 9.76. The predicted molar refractivity (Wildman–Crippen MR) is 141 cm³/mol. The Bertz CT molecular complexity index is 820. The Morgan fingerprint density at radius 2 is 1.44 bits per heavy atom. The molecule has 2 aromatic rings. The summed E-state index contributed by atoms with van der Waals surface area (Å²) in [6.45, 7) is 14.9. The van der Waals surface area contributed by atoms with Crippen molar-refractivity contribution < 1.29 is 17.9 Å². The average Bonchev–Trinajstić information content (AvgIpc) is 2.77. The van der Waals surface area contributed by atoms with E-state index in [1.165, 1.54) is 12.1 Å². The van der Waals surface area contributed by atoms with Gasteiger partial charge in [0, 0.05) is 24.8 Å². The van der Waals surface area contributed by atoms with Crippen molar-refractivity contribution in [2.75, 3.05) is 25.5 Å². The van der Waals surface area contributed by atoms with Gasteiger partial charge >= 0.3 is 6.18 Å². The lowest BCUT2D eigenvalue weighted by molar-refractivity contribution is -0.137. The van der Waals surface area contributed by atoms with Crippen molar-refractivity contribution in [3.8, 4) is 5.75 Å². The molecule has 0 aliphatic rings. The van der Waals surface area contributed by atoms with E-state index in [-0.39, 0.29) is 16.9 Å². The molecule has 0 amide bonds. The van der Waals surface area contributed by atoms with Crippen molar-refractivity contribution in [1.82, 2.24) is 4.90 Å². The molecule has 0 heterocycles. The number of rotatable bonds is 11. The molecule has 0 fully saturated rings. The molecule has 0 saturated heterocycles. The van der Waals surface area contributed by atoms with E-state index in [0.29, 0.717) is 5.75 Å². The normalized spacial score (nSPS) is 13.3. The van der Waals surface area contributed by atoms with Gasteiger partial charge in [0.2, 0.25) is 0 Å². The van der Waals surface area contributed by atoms with E-state index in [1.807, 2.05) is 44.2 Å². The summed E-state index contributed by atoms with van der Waals surface area (Å²) in [5, 5.41) is 0.962. The molecule has 2 rings (SSSR count). The fourth-order valence-corrected chi connectivity index (χ4v) is 4.59. The molecular formula is C28H41BrF3NO. The van der Waals surface area contributed by atoms with Crippen LogP contribution in [-0.2, 0) is 6.18 Å². The van der Waals surface area contributed by atoms with Gasteiger partial charge in [0.05, 0.1) is 5.56 Å². The summed E-state index contributed by atoms with van der Waals surface area (Å²) >= 11 is 3.62. The second-order valence-corrected chi connectivity index (χ2v) is 10.8. The molecule has 0 N–H and O–H groups in total. The highest BCUT2D eigenvalue weighted by atomic mass is 79.9. The van der Waals surface area contributed by atoms with Crippen molar-refractivity contribution >= 4 is 15.9 Å². The molecule has 0 aliphatic carbocycles. The minimum Gasteiger partial charge on any atom is -0.486 e. The van der Waals surface area contributed by atoms with Gasteiger partial charge in [0.25, 0.3) is 0 Å². The fourth-order valence-electron chi connectivity index (χ4n) is 4.39. The van der Waals surface area contributed by atoms with Crippen LogP contribution in [0.2, 0.25) is 0 Å². The number of hydrogen-bond donors (Lipinski definition) is 0. The first-order valence-corrected chi connectivity index (χ1v) is 13.1. The lowest BCUT2D eigenvalue weighted by Gasteiger charge is -2.37. The third-order valence-electron chi connectivity index (χ3n) is 5.42. The minimum absolute atomic E-state index is 0.155. The van der Waals surface area contributed by atoms with Crippen LogP contribution in [0.3, 0.4) is 0 Å². The highest BCUT2D eigenvalue weighted by molar-refractivity contribution is 9.09. The van der Waals surface area contributed by atoms with Gasteiger partial charge in [0.15, 0.2) is 0 Å². The van der Waals surface area contributed by atoms with Gasteiger partial charge in [-0.2, -0.15) is 13.2 Å². The Kier molecular flexibility index (Phi) is 12.1. The van der Waals surface area contributed by atoms with Gasteiger partial charge in [-0.3, -0.25) is 0 Å². The second-order valence-electron chi connectivity index (χ2n) is 10.2. The Balaban J connectivity index is 0.00000281. The molecule has 0 bridgehead atoms. The Morgan fingerprint density at radius 3 is 1.94 bits per heavy atom. The van der Waals surface area contributed by atoms with Crippen LogP contribution in [0.15, 0.2) is 54.6 Å². The van der Waals surface area contributed by atoms with Crippen LogP contribution < -0.4 is 4.74 Å². The van der Waals surface area contributed by atoms with E-state index in [9.17, 15) is 13.2 Å². The zero-order valence-corrected chi connectivity index (χ0v) is 23.3. The van der Waals surface area contributed by atoms with E-state index >= 15 is 0 Å². The van der Waals surface area contributed by atoms with Crippen LogP contribution in [0.4, 0.5) is 13.2 Å². The Morgan fingerprint density at radius 1 is 0.882 bits per heavy atom. The van der Waals surface area contributed by atoms with Gasteiger partial charge < -0.3 is 9.64 Å². The molecule has 0 spiro atoms. The SMILES string of the molecule is CC.CN(CCC(Oc1ccc(C(F)(F)F)cc1)c1ccccc1)CC(C)(C)CC(C)(C)CBr. The average molecular weight is 545 g/mol. The van der Waals surface area contributed by atoms with E-state index in [0.717, 1.165) is 49.0 Å². The number of ether oxygens (including phenoxy) is 1. The van der Waals surface area contributed by atoms with Crippen LogP contribution in [0.5, 0.6) is 5.75 Å². The van der Waals surface area contributed by atoms with Crippen molar-refractivity contribution in [1.29, 1.82) is 0 Å². The van der Waals surface area contributed by atoms with E-state index in [2.05, 4.69) is 55.6 Å². The highest BCUT2D eigenvalue weighted by Crippen LogP contribution is 2.36. The first-order chi connectivity index (χ1) is 15.8. The standard InChI is InChI=1S/C26H35BrF3NO.C2H6/c1-24(2,18-27)17-25(3,4)19-31(5)16-15-23(20-9-7-6-8-10-20)32-22-13-11-21(12-14-22)26(28,29)30;1-2/h6-14,23H,15-19H2,1-5H3;1-2H3. The van der Waals surface area contributed by atoms with Gasteiger partial charge in [-0.15, -0.1) is 0 Å². The van der Waals surface area contributed by atoms with E-state index in [1.54, 1.807) is 0 Å². The van der Waals surface area contributed by atoms with Crippen LogP contribution in [0.1, 0.15) is 71.6 Å². The lowest BCUT2D eigenvalue weighted by Crippen LogP contribution is -2.36. The maximum Gasteiger partial charge on any atom is 0.416 e. The molecule has 34 heavy (non-hydrogen) atoms. The smallest absolute Gasteiger partial charge is 0.416 e. The van der Waals surface area contributed by atoms with Crippen molar-refractivity contribution in [3.05, 3.63) is 65.7 Å². The van der Waals surface area contributed by atoms with Gasteiger partial charge in [-0.05, 0) is 54.1 Å². The molecular weight excluding hydrogens is 503 g/mol. The summed E-state index contributed by atoms with van der Waals surface area (Å²) in [7, 11) is 2.11. The summed E-state index contributed by atoms with van der Waals surface area (Å²) in [5.41, 5.74) is 0.723. The summed E-state index contributed by atoms with van der Waals surface area (Å²) in [4.78, 5) is 2.32. The molecule has 0 radical (unpaired) electrons. The number of halogens is 4. The highest BCUT2D eigenvalue weighted by Gasteiger charge is 2.31. The van der Waals surface area contributed by atoms with E-state index < -0.39 is 11.7 Å². The quantitative estimate of drug-likeness (QED) is 0.262. The summed E-state index contributed by atoms with van der Waals surface area (Å²) in [5.74, 6) is 0.439. The zero-order valence-electron chi connectivity index (χ0n) is 21.7. The van der Waals surface area contributed by atoms with Crippen molar-refractivity contribution in [2.45, 2.75) is 66.7 Å². The third-order valence-corrected chi connectivity index (χ3v) is 6.94. The van der Waals surface area contributed by atoms with Crippen molar-refractivity contribution in [2.24, 2.45) is 10.8 Å². The van der Waals surface area contributed by atoms with Gasteiger partial charge in [-0.25, -0.2) is 0 Å². The largest absolute Gasteiger partial charge is 0.486 e. The number of alkyl halides is 4. The molecule has 2 nitrogen and oxygen atoms in total. The minimum atomic E-state index is -4.35. The summed E-state index contributed by atoms with van der Waals surface area (Å²) in [6, 6.07) is 14.8. The monoisotopic (exact) mass is 543 g/mol. The zero-order chi connectivity index (χ0) is 26.0. The first-order valence-electron chi connectivity index (χ1n) is 11.9. The second kappa shape index (κ2) is 13.5. The van der Waals surface area contributed by atoms with Crippen LogP contribution >= 0.6 is 15.9 Å².